The highest BCUT2D eigenvalue weighted by Gasteiger charge is 2.05. The van der Waals surface area contributed by atoms with Gasteiger partial charge in [-0.2, -0.15) is 0 Å². The number of rotatable bonds is 6. The van der Waals surface area contributed by atoms with Gasteiger partial charge in [-0.3, -0.25) is 9.59 Å². The zero-order valence-electron chi connectivity index (χ0n) is 12.0. The molecule has 1 aromatic carbocycles. The fraction of sp³-hybridized carbons (Fsp3) is 0.250. The molecule has 1 amide bonds. The van der Waals surface area contributed by atoms with Crippen molar-refractivity contribution in [2.24, 2.45) is 0 Å². The quantitative estimate of drug-likeness (QED) is 0.712. The fourth-order valence-corrected chi connectivity index (χ4v) is 1.87. The largest absolute Gasteiger partial charge is 0.328 e. The molecule has 0 aliphatic heterocycles. The van der Waals surface area contributed by atoms with E-state index in [1.54, 1.807) is 0 Å². The van der Waals surface area contributed by atoms with Crippen molar-refractivity contribution in [3.05, 3.63) is 64.1 Å². The number of anilines is 1. The maximum Gasteiger partial charge on any atom is 0.257 e. The Balaban J connectivity index is 1.95. The lowest BCUT2D eigenvalue weighted by Crippen LogP contribution is -2.15. The van der Waals surface area contributed by atoms with Gasteiger partial charge in [-0.15, -0.1) is 0 Å². The van der Waals surface area contributed by atoms with Crippen molar-refractivity contribution in [1.82, 2.24) is 10.3 Å². The van der Waals surface area contributed by atoms with Crippen LogP contribution in [0.1, 0.15) is 29.3 Å². The highest BCUT2D eigenvalue weighted by molar-refractivity contribution is 6.03. The molecule has 0 spiro atoms. The molecule has 0 bridgehead atoms. The molecule has 0 unspecified atom stereocenters. The van der Waals surface area contributed by atoms with E-state index in [2.05, 4.69) is 22.5 Å². The molecule has 0 radical (unpaired) electrons. The van der Waals surface area contributed by atoms with Gasteiger partial charge in [-0.1, -0.05) is 19.1 Å². The van der Waals surface area contributed by atoms with Crippen molar-refractivity contribution in [3.8, 4) is 0 Å². The van der Waals surface area contributed by atoms with Crippen molar-refractivity contribution in [2.75, 3.05) is 11.9 Å². The van der Waals surface area contributed by atoms with E-state index in [4.69, 9.17) is 0 Å². The molecule has 1 aromatic heterocycles. The maximum atomic E-state index is 12.0. The molecule has 0 saturated heterocycles. The number of benzene rings is 1. The second kappa shape index (κ2) is 7.40. The van der Waals surface area contributed by atoms with Crippen LogP contribution in [0.5, 0.6) is 0 Å². The Labute approximate surface area is 123 Å². The third-order valence-corrected chi connectivity index (χ3v) is 3.01. The zero-order chi connectivity index (χ0) is 15.1. The first-order valence-corrected chi connectivity index (χ1v) is 6.99. The minimum Gasteiger partial charge on any atom is -0.328 e. The van der Waals surface area contributed by atoms with Gasteiger partial charge in [0.2, 0.25) is 5.56 Å². The van der Waals surface area contributed by atoms with Crippen LogP contribution in [0, 0.1) is 0 Å². The molecule has 0 aliphatic carbocycles. The van der Waals surface area contributed by atoms with Crippen LogP contribution in [0.4, 0.5) is 5.69 Å². The van der Waals surface area contributed by atoms with Gasteiger partial charge in [0.25, 0.3) is 5.91 Å². The standard InChI is InChI=1S/C16H19N3O2/c1-2-9-17-10-12-3-6-14(7-4-12)19-16(21)13-5-8-15(20)18-11-13/h3-8,11,17H,2,9-10H2,1H3,(H,18,20)(H,19,21). The number of nitrogens with one attached hydrogen (secondary N) is 3. The monoisotopic (exact) mass is 285 g/mol. The lowest BCUT2D eigenvalue weighted by Gasteiger charge is -2.07. The summed E-state index contributed by atoms with van der Waals surface area (Å²) in [6.07, 6.45) is 2.51. The molecule has 1 heterocycles. The van der Waals surface area contributed by atoms with Crippen molar-refractivity contribution in [2.45, 2.75) is 19.9 Å². The molecule has 0 saturated carbocycles. The number of carbonyl (C=O) groups excluding carboxylic acids is 1. The predicted octanol–water partition coefficient (Wildman–Crippen LogP) is 2.13. The van der Waals surface area contributed by atoms with Crippen LogP contribution in [0.3, 0.4) is 0 Å². The lowest BCUT2D eigenvalue weighted by molar-refractivity contribution is 0.102. The van der Waals surface area contributed by atoms with E-state index in [1.807, 2.05) is 24.3 Å². The molecular formula is C16H19N3O2. The zero-order valence-corrected chi connectivity index (χ0v) is 12.0. The number of aromatic nitrogens is 1. The topological polar surface area (TPSA) is 74.0 Å². The van der Waals surface area contributed by atoms with Gasteiger partial charge in [-0.05, 0) is 36.7 Å². The van der Waals surface area contributed by atoms with Gasteiger partial charge >= 0.3 is 0 Å². The number of carbonyl (C=O) groups is 1. The van der Waals surface area contributed by atoms with Gasteiger partial charge in [0, 0.05) is 24.5 Å². The summed E-state index contributed by atoms with van der Waals surface area (Å²) in [5, 5.41) is 6.11. The molecule has 0 atom stereocenters. The lowest BCUT2D eigenvalue weighted by atomic mass is 10.2. The number of hydrogen-bond donors (Lipinski definition) is 3. The Hall–Kier alpha value is -2.40. The van der Waals surface area contributed by atoms with Crippen LogP contribution in [0.2, 0.25) is 0 Å². The normalized spacial score (nSPS) is 10.3. The highest BCUT2D eigenvalue weighted by atomic mass is 16.1. The number of pyridine rings is 1. The average molecular weight is 285 g/mol. The number of aromatic amines is 1. The molecule has 5 heteroatoms. The van der Waals surface area contributed by atoms with Crippen LogP contribution in [0.15, 0.2) is 47.4 Å². The number of hydrogen-bond acceptors (Lipinski definition) is 3. The molecule has 0 aliphatic rings. The second-order valence-corrected chi connectivity index (χ2v) is 4.77. The highest BCUT2D eigenvalue weighted by Crippen LogP contribution is 2.11. The average Bonchev–Trinajstić information content (AvgIpc) is 2.50. The van der Waals surface area contributed by atoms with Crippen LogP contribution in [-0.2, 0) is 6.54 Å². The summed E-state index contributed by atoms with van der Waals surface area (Å²) < 4.78 is 0. The van der Waals surface area contributed by atoms with Gasteiger partial charge in [0.05, 0.1) is 5.56 Å². The van der Waals surface area contributed by atoms with Crippen LogP contribution < -0.4 is 16.2 Å². The van der Waals surface area contributed by atoms with Crippen LogP contribution in [-0.4, -0.2) is 17.4 Å². The Morgan fingerprint density at radius 1 is 1.14 bits per heavy atom. The number of amides is 1. The Bertz CT molecular complexity index is 627. The first-order chi connectivity index (χ1) is 10.2. The van der Waals surface area contributed by atoms with E-state index in [1.165, 1.54) is 23.9 Å². The Morgan fingerprint density at radius 3 is 2.52 bits per heavy atom. The summed E-state index contributed by atoms with van der Waals surface area (Å²) in [6, 6.07) is 10.5. The van der Waals surface area contributed by atoms with E-state index in [0.717, 1.165) is 25.2 Å². The van der Waals surface area contributed by atoms with E-state index < -0.39 is 0 Å². The molecule has 0 fully saturated rings. The van der Waals surface area contributed by atoms with Crippen molar-refractivity contribution >= 4 is 11.6 Å². The predicted molar refractivity (Wildman–Crippen MR) is 83.5 cm³/mol. The third kappa shape index (κ3) is 4.57. The summed E-state index contributed by atoms with van der Waals surface area (Å²) in [5.41, 5.74) is 2.09. The first-order valence-electron chi connectivity index (χ1n) is 6.99. The van der Waals surface area contributed by atoms with Gasteiger partial charge in [0.1, 0.15) is 0 Å². The smallest absolute Gasteiger partial charge is 0.257 e. The molecule has 2 rings (SSSR count). The minimum atomic E-state index is -0.247. The van der Waals surface area contributed by atoms with E-state index >= 15 is 0 Å². The van der Waals surface area contributed by atoms with E-state index in [9.17, 15) is 9.59 Å². The molecule has 5 nitrogen and oxygen atoms in total. The molecule has 21 heavy (non-hydrogen) atoms. The summed E-state index contributed by atoms with van der Waals surface area (Å²) in [6.45, 7) is 3.94. The maximum absolute atomic E-state index is 12.0. The van der Waals surface area contributed by atoms with Gasteiger partial charge < -0.3 is 15.6 Å². The summed E-state index contributed by atoms with van der Waals surface area (Å²) in [5.74, 6) is -0.247. The third-order valence-electron chi connectivity index (χ3n) is 3.01. The van der Waals surface area contributed by atoms with Crippen LogP contribution in [0.25, 0.3) is 0 Å². The molecule has 110 valence electrons. The second-order valence-electron chi connectivity index (χ2n) is 4.77. The van der Waals surface area contributed by atoms with Crippen molar-refractivity contribution in [1.29, 1.82) is 0 Å². The SMILES string of the molecule is CCCNCc1ccc(NC(=O)c2ccc(=O)[nH]c2)cc1. The Kier molecular flexibility index (Phi) is 5.29. The van der Waals surface area contributed by atoms with E-state index in [0.29, 0.717) is 5.56 Å². The van der Waals surface area contributed by atoms with Gasteiger partial charge in [-0.25, -0.2) is 0 Å². The fourth-order valence-electron chi connectivity index (χ4n) is 1.87. The first kappa shape index (κ1) is 15.0. The van der Waals surface area contributed by atoms with Crippen molar-refractivity contribution < 1.29 is 4.79 Å². The van der Waals surface area contributed by atoms with E-state index in [-0.39, 0.29) is 11.5 Å². The summed E-state index contributed by atoms with van der Waals surface area (Å²) in [7, 11) is 0. The summed E-state index contributed by atoms with van der Waals surface area (Å²) in [4.78, 5) is 25.4. The van der Waals surface area contributed by atoms with Crippen LogP contribution >= 0.6 is 0 Å². The molecule has 2 aromatic rings. The molecular weight excluding hydrogens is 266 g/mol. The van der Waals surface area contributed by atoms with Gasteiger partial charge in [0.15, 0.2) is 0 Å². The molecule has 3 N–H and O–H groups in total. The summed E-state index contributed by atoms with van der Waals surface area (Å²) >= 11 is 0. The number of H-pyrrole nitrogens is 1. The van der Waals surface area contributed by atoms with Crippen molar-refractivity contribution in [3.63, 3.8) is 0 Å². The Morgan fingerprint density at radius 2 is 1.90 bits per heavy atom. The minimum absolute atomic E-state index is 0.226.